The predicted octanol–water partition coefficient (Wildman–Crippen LogP) is 2.41. The maximum absolute atomic E-state index is 12.7. The van der Waals surface area contributed by atoms with Crippen molar-refractivity contribution in [2.75, 3.05) is 5.32 Å². The van der Waals surface area contributed by atoms with Gasteiger partial charge in [-0.05, 0) is 50.4 Å². The Morgan fingerprint density at radius 1 is 1.37 bits per heavy atom. The van der Waals surface area contributed by atoms with Crippen molar-refractivity contribution < 1.29 is 9.90 Å². The normalized spacial score (nSPS) is 43.4. The van der Waals surface area contributed by atoms with Crippen LogP contribution in [0.25, 0.3) is 0 Å². The van der Waals surface area contributed by atoms with Crippen LogP contribution in [0.1, 0.15) is 38.5 Å². The van der Waals surface area contributed by atoms with E-state index in [9.17, 15) is 9.90 Å². The third kappa shape index (κ3) is 1.82. The molecule has 0 spiro atoms. The van der Waals surface area contributed by atoms with E-state index in [2.05, 4.69) is 10.3 Å². The second-order valence-electron chi connectivity index (χ2n) is 6.76. The highest BCUT2D eigenvalue weighted by atomic mass is 32.1. The van der Waals surface area contributed by atoms with Gasteiger partial charge in [-0.15, -0.1) is 11.3 Å². The zero-order valence-electron chi connectivity index (χ0n) is 10.8. The number of aliphatic hydroxyl groups is 1. The average Bonchev–Trinajstić information content (AvgIpc) is 2.78. The van der Waals surface area contributed by atoms with Crippen LogP contribution < -0.4 is 5.32 Å². The van der Waals surface area contributed by atoms with Crippen LogP contribution in [-0.2, 0) is 4.79 Å². The Hall–Kier alpha value is -0.940. The van der Waals surface area contributed by atoms with E-state index in [0.717, 1.165) is 25.7 Å². The summed E-state index contributed by atoms with van der Waals surface area (Å²) in [7, 11) is 0. The molecule has 4 bridgehead atoms. The number of anilines is 1. The van der Waals surface area contributed by atoms with Gasteiger partial charge in [-0.1, -0.05) is 0 Å². The Labute approximate surface area is 116 Å². The highest BCUT2D eigenvalue weighted by Gasteiger charge is 2.60. The van der Waals surface area contributed by atoms with Crippen LogP contribution >= 0.6 is 11.3 Å². The summed E-state index contributed by atoms with van der Waals surface area (Å²) in [5.74, 6) is 1.15. The van der Waals surface area contributed by atoms with Gasteiger partial charge in [0.1, 0.15) is 0 Å². The molecule has 0 aliphatic heterocycles. The van der Waals surface area contributed by atoms with Crippen LogP contribution in [0.15, 0.2) is 11.6 Å². The fourth-order valence-corrected chi connectivity index (χ4v) is 5.52. The minimum absolute atomic E-state index is 0.0787. The molecule has 4 fully saturated rings. The molecule has 1 amide bonds. The lowest BCUT2D eigenvalue weighted by Gasteiger charge is -2.59. The van der Waals surface area contributed by atoms with Crippen LogP contribution in [0.3, 0.4) is 0 Å². The lowest BCUT2D eigenvalue weighted by atomic mass is 9.47. The van der Waals surface area contributed by atoms with Crippen molar-refractivity contribution in [2.45, 2.75) is 44.1 Å². The van der Waals surface area contributed by atoms with Gasteiger partial charge in [0.25, 0.3) is 0 Å². The lowest BCUT2D eigenvalue weighted by Crippen LogP contribution is -2.59. The number of hydrogen-bond acceptors (Lipinski definition) is 4. The molecule has 1 heterocycles. The van der Waals surface area contributed by atoms with E-state index in [1.54, 1.807) is 6.20 Å². The molecule has 2 atom stereocenters. The Bertz CT molecular complexity index is 500. The summed E-state index contributed by atoms with van der Waals surface area (Å²) in [6.07, 6.45) is 7.24. The molecule has 2 N–H and O–H groups in total. The first-order chi connectivity index (χ1) is 9.07. The average molecular weight is 278 g/mol. The second kappa shape index (κ2) is 3.79. The van der Waals surface area contributed by atoms with Crippen LogP contribution in [0.2, 0.25) is 0 Å². The molecule has 4 saturated carbocycles. The molecular formula is C14H18N2O2S. The molecule has 0 aromatic carbocycles. The summed E-state index contributed by atoms with van der Waals surface area (Å²) >= 11 is 1.45. The largest absolute Gasteiger partial charge is 0.390 e. The number of amides is 1. The van der Waals surface area contributed by atoms with Crippen molar-refractivity contribution in [3.05, 3.63) is 11.6 Å². The van der Waals surface area contributed by atoms with Gasteiger partial charge in [0, 0.05) is 11.6 Å². The molecule has 1 aromatic heterocycles. The standard InChI is InChI=1S/C14H18N2O2S/c17-11(16-12-15-1-2-19-12)13-4-9-3-10(5-13)7-14(18,6-9)8-13/h1-2,9-10,18H,3-8H2,(H,15,16,17)/t9-,10-,13?,14?/m1/s1. The van der Waals surface area contributed by atoms with Crippen LogP contribution in [-0.4, -0.2) is 21.6 Å². The van der Waals surface area contributed by atoms with E-state index < -0.39 is 5.60 Å². The monoisotopic (exact) mass is 278 g/mol. The highest BCUT2D eigenvalue weighted by molar-refractivity contribution is 7.13. The van der Waals surface area contributed by atoms with Crippen molar-refractivity contribution in [3.8, 4) is 0 Å². The van der Waals surface area contributed by atoms with Gasteiger partial charge in [0.2, 0.25) is 5.91 Å². The number of nitrogens with zero attached hydrogens (tertiary/aromatic N) is 1. The quantitative estimate of drug-likeness (QED) is 0.873. The molecule has 0 radical (unpaired) electrons. The molecule has 5 heteroatoms. The van der Waals surface area contributed by atoms with Gasteiger partial charge in [-0.3, -0.25) is 4.79 Å². The highest BCUT2D eigenvalue weighted by Crippen LogP contribution is 2.61. The zero-order valence-corrected chi connectivity index (χ0v) is 11.6. The number of nitrogens with one attached hydrogen (secondary N) is 1. The minimum atomic E-state index is -0.579. The van der Waals surface area contributed by atoms with Crippen molar-refractivity contribution in [3.63, 3.8) is 0 Å². The molecule has 1 aromatic rings. The fourth-order valence-electron chi connectivity index (χ4n) is 4.99. The first-order valence-electron chi connectivity index (χ1n) is 7.00. The Morgan fingerprint density at radius 2 is 2.11 bits per heavy atom. The van der Waals surface area contributed by atoms with Crippen LogP contribution in [0.5, 0.6) is 0 Å². The molecule has 0 saturated heterocycles. The maximum atomic E-state index is 12.7. The molecule has 4 aliphatic carbocycles. The Balaban J connectivity index is 1.61. The summed E-state index contributed by atoms with van der Waals surface area (Å²) < 4.78 is 0. The molecular weight excluding hydrogens is 260 g/mol. The van der Waals surface area contributed by atoms with E-state index >= 15 is 0 Å². The fraction of sp³-hybridized carbons (Fsp3) is 0.714. The predicted molar refractivity (Wildman–Crippen MR) is 72.8 cm³/mol. The van der Waals surface area contributed by atoms with Gasteiger partial charge in [0.05, 0.1) is 11.0 Å². The Morgan fingerprint density at radius 3 is 2.68 bits per heavy atom. The van der Waals surface area contributed by atoms with E-state index in [1.807, 2.05) is 5.38 Å². The van der Waals surface area contributed by atoms with Gasteiger partial charge < -0.3 is 10.4 Å². The number of thiazole rings is 1. The third-order valence-electron chi connectivity index (χ3n) is 5.16. The SMILES string of the molecule is O=C(Nc1nccs1)C12C[C@H]3C[C@@H](CC(O)(C3)C1)C2. The summed E-state index contributed by atoms with van der Waals surface area (Å²) in [6, 6.07) is 0. The van der Waals surface area contributed by atoms with E-state index in [0.29, 0.717) is 23.4 Å². The van der Waals surface area contributed by atoms with Crippen molar-refractivity contribution in [1.82, 2.24) is 4.98 Å². The topological polar surface area (TPSA) is 62.2 Å². The number of carbonyl (C=O) groups excluding carboxylic acids is 1. The van der Waals surface area contributed by atoms with Gasteiger partial charge in [-0.25, -0.2) is 4.98 Å². The summed E-state index contributed by atoms with van der Waals surface area (Å²) in [5.41, 5.74) is -0.922. The van der Waals surface area contributed by atoms with E-state index in [4.69, 9.17) is 0 Å². The van der Waals surface area contributed by atoms with E-state index in [-0.39, 0.29) is 11.3 Å². The Kier molecular flexibility index (Phi) is 2.37. The summed E-state index contributed by atoms with van der Waals surface area (Å²) in [5, 5.41) is 16.1. The van der Waals surface area contributed by atoms with Gasteiger partial charge >= 0.3 is 0 Å². The molecule has 5 rings (SSSR count). The third-order valence-corrected chi connectivity index (χ3v) is 5.85. The smallest absolute Gasteiger partial charge is 0.232 e. The van der Waals surface area contributed by atoms with E-state index in [1.165, 1.54) is 17.8 Å². The van der Waals surface area contributed by atoms with Crippen LogP contribution in [0, 0.1) is 17.3 Å². The lowest BCUT2D eigenvalue weighted by molar-refractivity contribution is -0.174. The second-order valence-corrected chi connectivity index (χ2v) is 7.65. The zero-order chi connectivity index (χ0) is 13.1. The maximum Gasteiger partial charge on any atom is 0.232 e. The minimum Gasteiger partial charge on any atom is -0.390 e. The first kappa shape index (κ1) is 11.9. The van der Waals surface area contributed by atoms with Crippen LogP contribution in [0.4, 0.5) is 5.13 Å². The first-order valence-corrected chi connectivity index (χ1v) is 7.88. The van der Waals surface area contributed by atoms with Crippen molar-refractivity contribution >= 4 is 22.4 Å². The molecule has 0 unspecified atom stereocenters. The number of rotatable bonds is 2. The number of aromatic nitrogens is 1. The van der Waals surface area contributed by atoms with Gasteiger partial charge in [0.15, 0.2) is 5.13 Å². The molecule has 102 valence electrons. The number of hydrogen-bond donors (Lipinski definition) is 2. The summed E-state index contributed by atoms with van der Waals surface area (Å²) in [4.78, 5) is 16.8. The van der Waals surface area contributed by atoms with Gasteiger partial charge in [-0.2, -0.15) is 0 Å². The molecule has 4 aliphatic rings. The molecule has 4 nitrogen and oxygen atoms in total. The number of carbonyl (C=O) groups is 1. The van der Waals surface area contributed by atoms with Crippen molar-refractivity contribution in [1.29, 1.82) is 0 Å². The summed E-state index contributed by atoms with van der Waals surface area (Å²) in [6.45, 7) is 0. The van der Waals surface area contributed by atoms with Crippen molar-refractivity contribution in [2.24, 2.45) is 17.3 Å². The molecule has 19 heavy (non-hydrogen) atoms.